The Morgan fingerprint density at radius 2 is 1.93 bits per heavy atom. The number of benzene rings is 1. The Morgan fingerprint density at radius 1 is 1.20 bits per heavy atom. The van der Waals surface area contributed by atoms with Gasteiger partial charge in [0.25, 0.3) is 0 Å². The van der Waals surface area contributed by atoms with Crippen LogP contribution in [-0.4, -0.2) is 32.7 Å². The second-order valence-corrected chi connectivity index (χ2v) is 3.45. The number of nitrogens with two attached hydrogens (primary N) is 1. The van der Waals surface area contributed by atoms with E-state index in [9.17, 15) is 0 Å². The Morgan fingerprint density at radius 3 is 2.53 bits per heavy atom. The predicted octanol–water partition coefficient (Wildman–Crippen LogP) is 1.06. The van der Waals surface area contributed by atoms with Gasteiger partial charge < -0.3 is 16.0 Å². The third kappa shape index (κ3) is 4.32. The Bertz CT molecular complexity index is 248. The second-order valence-electron chi connectivity index (χ2n) is 3.45. The smallest absolute Gasteiger partial charge is 0.0366 e. The molecule has 3 nitrogen and oxygen atoms in total. The van der Waals surface area contributed by atoms with Crippen LogP contribution >= 0.6 is 0 Å². The van der Waals surface area contributed by atoms with Crippen LogP contribution < -0.4 is 16.0 Å². The van der Waals surface area contributed by atoms with E-state index in [0.717, 1.165) is 26.2 Å². The van der Waals surface area contributed by atoms with Crippen molar-refractivity contribution >= 4 is 5.69 Å². The molecule has 0 atom stereocenters. The molecule has 0 fully saturated rings. The maximum Gasteiger partial charge on any atom is 0.0366 e. The van der Waals surface area contributed by atoms with Gasteiger partial charge >= 0.3 is 0 Å². The fourth-order valence-electron chi connectivity index (χ4n) is 1.55. The molecule has 1 rings (SSSR count). The summed E-state index contributed by atoms with van der Waals surface area (Å²) in [7, 11) is 0. The largest absolute Gasteiger partial charge is 0.371 e. The third-order valence-corrected chi connectivity index (χ3v) is 2.38. The summed E-state index contributed by atoms with van der Waals surface area (Å²) in [4.78, 5) is 2.35. The van der Waals surface area contributed by atoms with Crippen molar-refractivity contribution in [2.75, 3.05) is 37.6 Å². The van der Waals surface area contributed by atoms with E-state index in [2.05, 4.69) is 41.4 Å². The Labute approximate surface area is 92.3 Å². The molecular formula is C12H21N3. The summed E-state index contributed by atoms with van der Waals surface area (Å²) in [6.45, 7) is 6.83. The van der Waals surface area contributed by atoms with E-state index in [1.165, 1.54) is 5.69 Å². The molecule has 0 aliphatic carbocycles. The molecule has 0 radical (unpaired) electrons. The number of nitrogens with one attached hydrogen (secondary N) is 1. The van der Waals surface area contributed by atoms with Crippen LogP contribution in [0.4, 0.5) is 5.69 Å². The van der Waals surface area contributed by atoms with Crippen molar-refractivity contribution in [3.8, 4) is 0 Å². The van der Waals surface area contributed by atoms with Gasteiger partial charge in [0.2, 0.25) is 0 Å². The quantitative estimate of drug-likeness (QED) is 0.657. The van der Waals surface area contributed by atoms with Gasteiger partial charge in [0, 0.05) is 38.4 Å². The maximum absolute atomic E-state index is 5.41. The van der Waals surface area contributed by atoms with Crippen LogP contribution in [0.3, 0.4) is 0 Å². The van der Waals surface area contributed by atoms with Crippen LogP contribution in [0.5, 0.6) is 0 Å². The molecule has 0 aliphatic rings. The molecule has 0 saturated carbocycles. The highest BCUT2D eigenvalue weighted by Crippen LogP contribution is 2.11. The molecule has 84 valence electrons. The average molecular weight is 207 g/mol. The first-order valence-electron chi connectivity index (χ1n) is 5.59. The van der Waals surface area contributed by atoms with Crippen molar-refractivity contribution in [3.05, 3.63) is 30.3 Å². The van der Waals surface area contributed by atoms with Gasteiger partial charge in [-0.2, -0.15) is 0 Å². The van der Waals surface area contributed by atoms with Gasteiger partial charge in [0.1, 0.15) is 0 Å². The Hall–Kier alpha value is -1.06. The molecule has 0 aliphatic heterocycles. The van der Waals surface area contributed by atoms with Crippen LogP contribution in [-0.2, 0) is 0 Å². The summed E-state index contributed by atoms with van der Waals surface area (Å²) in [5.41, 5.74) is 6.70. The zero-order valence-corrected chi connectivity index (χ0v) is 9.45. The number of nitrogens with zero attached hydrogens (tertiary/aromatic N) is 1. The Balaban J connectivity index is 2.36. The Kier molecular flexibility index (Phi) is 5.81. The summed E-state index contributed by atoms with van der Waals surface area (Å²) >= 11 is 0. The minimum absolute atomic E-state index is 0.706. The fourth-order valence-corrected chi connectivity index (χ4v) is 1.55. The minimum Gasteiger partial charge on any atom is -0.371 e. The number of likely N-dealkylation sites (N-methyl/N-ethyl adjacent to an activating group) is 1. The summed E-state index contributed by atoms with van der Waals surface area (Å²) in [5.74, 6) is 0. The summed E-state index contributed by atoms with van der Waals surface area (Å²) in [6, 6.07) is 10.5. The first-order chi connectivity index (χ1) is 7.38. The topological polar surface area (TPSA) is 41.3 Å². The van der Waals surface area contributed by atoms with Gasteiger partial charge in [0.05, 0.1) is 0 Å². The third-order valence-electron chi connectivity index (χ3n) is 2.38. The molecule has 0 aromatic heterocycles. The van der Waals surface area contributed by atoms with Gasteiger partial charge in [-0.1, -0.05) is 18.2 Å². The van der Waals surface area contributed by atoms with Crippen LogP contribution in [0.1, 0.15) is 6.92 Å². The average Bonchev–Trinajstić information content (AvgIpc) is 2.30. The van der Waals surface area contributed by atoms with Crippen LogP contribution in [0.25, 0.3) is 0 Å². The first-order valence-corrected chi connectivity index (χ1v) is 5.59. The zero-order chi connectivity index (χ0) is 10.9. The number of anilines is 1. The monoisotopic (exact) mass is 207 g/mol. The highest BCUT2D eigenvalue weighted by molar-refractivity contribution is 5.45. The van der Waals surface area contributed by atoms with Crippen molar-refractivity contribution in [1.29, 1.82) is 0 Å². The molecule has 3 heteroatoms. The van der Waals surface area contributed by atoms with E-state index in [4.69, 9.17) is 5.73 Å². The summed E-state index contributed by atoms with van der Waals surface area (Å²) in [5, 5.41) is 3.30. The lowest BCUT2D eigenvalue weighted by atomic mass is 10.3. The van der Waals surface area contributed by atoms with Gasteiger partial charge in [-0.05, 0) is 19.1 Å². The summed E-state index contributed by atoms with van der Waals surface area (Å²) < 4.78 is 0. The molecule has 0 heterocycles. The van der Waals surface area contributed by atoms with E-state index in [1.807, 2.05) is 6.07 Å². The lowest BCUT2D eigenvalue weighted by Gasteiger charge is -2.23. The van der Waals surface area contributed by atoms with E-state index < -0.39 is 0 Å². The maximum atomic E-state index is 5.41. The number of rotatable bonds is 7. The molecular weight excluding hydrogens is 186 g/mol. The van der Waals surface area contributed by atoms with Gasteiger partial charge in [-0.3, -0.25) is 0 Å². The molecule has 1 aromatic rings. The molecule has 0 spiro atoms. The predicted molar refractivity (Wildman–Crippen MR) is 66.3 cm³/mol. The molecule has 3 N–H and O–H groups in total. The van der Waals surface area contributed by atoms with E-state index in [0.29, 0.717) is 6.54 Å². The lowest BCUT2D eigenvalue weighted by Crippen LogP contribution is -2.34. The van der Waals surface area contributed by atoms with Gasteiger partial charge in [-0.25, -0.2) is 0 Å². The van der Waals surface area contributed by atoms with Crippen molar-refractivity contribution in [2.45, 2.75) is 6.92 Å². The normalized spacial score (nSPS) is 10.3. The number of para-hydroxylation sites is 1. The highest BCUT2D eigenvalue weighted by atomic mass is 15.1. The first kappa shape index (κ1) is 12.0. The SMILES string of the molecule is CCN(CCNCCN)c1ccccc1. The lowest BCUT2D eigenvalue weighted by molar-refractivity contribution is 0.668. The highest BCUT2D eigenvalue weighted by Gasteiger charge is 2.01. The molecule has 0 amide bonds. The van der Waals surface area contributed by atoms with Crippen LogP contribution in [0.2, 0.25) is 0 Å². The van der Waals surface area contributed by atoms with Crippen molar-refractivity contribution < 1.29 is 0 Å². The molecule has 0 saturated heterocycles. The van der Waals surface area contributed by atoms with Crippen molar-refractivity contribution in [2.24, 2.45) is 5.73 Å². The summed E-state index contributed by atoms with van der Waals surface area (Å²) in [6.07, 6.45) is 0. The minimum atomic E-state index is 0.706. The van der Waals surface area contributed by atoms with E-state index in [1.54, 1.807) is 0 Å². The molecule has 15 heavy (non-hydrogen) atoms. The van der Waals surface area contributed by atoms with E-state index >= 15 is 0 Å². The van der Waals surface area contributed by atoms with E-state index in [-0.39, 0.29) is 0 Å². The number of hydrogen-bond donors (Lipinski definition) is 2. The standard InChI is InChI=1S/C12H21N3/c1-2-15(11-10-14-9-8-13)12-6-4-3-5-7-12/h3-7,14H,2,8-11,13H2,1H3. The zero-order valence-electron chi connectivity index (χ0n) is 9.45. The second kappa shape index (κ2) is 7.26. The molecule has 0 bridgehead atoms. The van der Waals surface area contributed by atoms with Crippen molar-refractivity contribution in [3.63, 3.8) is 0 Å². The van der Waals surface area contributed by atoms with Gasteiger partial charge in [0.15, 0.2) is 0 Å². The number of hydrogen-bond acceptors (Lipinski definition) is 3. The fraction of sp³-hybridized carbons (Fsp3) is 0.500. The molecule has 0 unspecified atom stereocenters. The van der Waals surface area contributed by atoms with Crippen molar-refractivity contribution in [1.82, 2.24) is 5.32 Å². The van der Waals surface area contributed by atoms with Crippen LogP contribution in [0, 0.1) is 0 Å². The van der Waals surface area contributed by atoms with Crippen LogP contribution in [0.15, 0.2) is 30.3 Å². The molecule has 1 aromatic carbocycles. The van der Waals surface area contributed by atoms with Gasteiger partial charge in [-0.15, -0.1) is 0 Å².